The maximum Gasteiger partial charge on any atom is 0.225 e. The first-order chi connectivity index (χ1) is 17.1. The summed E-state index contributed by atoms with van der Waals surface area (Å²) in [7, 11) is 3.21. The highest BCUT2D eigenvalue weighted by Gasteiger charge is 2.30. The van der Waals surface area contributed by atoms with E-state index in [4.69, 9.17) is 14.2 Å². The van der Waals surface area contributed by atoms with E-state index in [-0.39, 0.29) is 24.2 Å². The average molecular weight is 490 g/mol. The minimum atomic E-state index is -0.281. The highest BCUT2D eigenvalue weighted by Crippen LogP contribution is 2.47. The summed E-state index contributed by atoms with van der Waals surface area (Å²) in [4.78, 5) is 13.8. The van der Waals surface area contributed by atoms with Gasteiger partial charge in [-0.15, -0.1) is 11.3 Å². The third-order valence-electron chi connectivity index (χ3n) is 6.06. The van der Waals surface area contributed by atoms with Crippen LogP contribution in [0, 0.1) is 5.82 Å². The van der Waals surface area contributed by atoms with Crippen molar-refractivity contribution in [2.45, 2.75) is 18.9 Å². The first kappa shape index (κ1) is 22.9. The lowest BCUT2D eigenvalue weighted by Gasteiger charge is -2.24. The van der Waals surface area contributed by atoms with Crippen molar-refractivity contribution in [2.75, 3.05) is 19.5 Å². The number of carbonyl (C=O) groups is 1. The third kappa shape index (κ3) is 4.72. The Balaban J connectivity index is 1.39. The maximum absolute atomic E-state index is 13.4. The number of anilines is 1. The Kier molecular flexibility index (Phi) is 6.42. The van der Waals surface area contributed by atoms with E-state index >= 15 is 0 Å². The van der Waals surface area contributed by atoms with Gasteiger partial charge in [0.05, 0.1) is 19.9 Å². The number of hydrogen-bond acceptors (Lipinski definition) is 5. The Morgan fingerprint density at radius 2 is 1.80 bits per heavy atom. The lowest BCUT2D eigenvalue weighted by atomic mass is 9.89. The summed E-state index contributed by atoms with van der Waals surface area (Å²) in [5.41, 5.74) is 4.56. The first-order valence-electron chi connectivity index (χ1n) is 11.2. The van der Waals surface area contributed by atoms with E-state index in [1.807, 2.05) is 48.5 Å². The fraction of sp³-hybridized carbons (Fsp3) is 0.179. The van der Waals surface area contributed by atoms with Gasteiger partial charge in [-0.05, 0) is 53.1 Å². The molecule has 178 valence electrons. The monoisotopic (exact) mass is 489 g/mol. The molecule has 0 fully saturated rings. The number of methoxy groups -OCH3 is 2. The van der Waals surface area contributed by atoms with E-state index < -0.39 is 0 Å². The van der Waals surface area contributed by atoms with Crippen LogP contribution in [0.25, 0.3) is 11.1 Å². The van der Waals surface area contributed by atoms with E-state index in [9.17, 15) is 9.18 Å². The van der Waals surface area contributed by atoms with Gasteiger partial charge in [0.1, 0.15) is 18.2 Å². The summed E-state index contributed by atoms with van der Waals surface area (Å²) in [6, 6.07) is 19.9. The zero-order chi connectivity index (χ0) is 24.4. The fourth-order valence-corrected chi connectivity index (χ4v) is 5.46. The van der Waals surface area contributed by atoms with Crippen LogP contribution in [0.2, 0.25) is 0 Å². The Morgan fingerprint density at radius 3 is 2.54 bits per heavy atom. The van der Waals surface area contributed by atoms with Crippen LogP contribution in [0.15, 0.2) is 72.1 Å². The maximum atomic E-state index is 13.4. The molecule has 2 heterocycles. The minimum absolute atomic E-state index is 0.0194. The van der Waals surface area contributed by atoms with Crippen LogP contribution in [-0.4, -0.2) is 20.1 Å². The van der Waals surface area contributed by atoms with Gasteiger partial charge in [0, 0.05) is 28.2 Å². The van der Waals surface area contributed by atoms with Gasteiger partial charge in [0.2, 0.25) is 5.91 Å². The fourth-order valence-electron chi connectivity index (χ4n) is 4.30. The smallest absolute Gasteiger partial charge is 0.225 e. The van der Waals surface area contributed by atoms with E-state index in [0.717, 1.165) is 32.8 Å². The van der Waals surface area contributed by atoms with E-state index in [1.54, 1.807) is 31.6 Å². The number of amides is 1. The highest BCUT2D eigenvalue weighted by molar-refractivity contribution is 7.11. The third-order valence-corrected chi connectivity index (χ3v) is 7.16. The predicted molar refractivity (Wildman–Crippen MR) is 135 cm³/mol. The second-order valence-electron chi connectivity index (χ2n) is 8.25. The van der Waals surface area contributed by atoms with E-state index in [2.05, 4.69) is 10.7 Å². The molecule has 0 unspecified atom stereocenters. The molecule has 0 bridgehead atoms. The molecule has 1 aliphatic heterocycles. The molecule has 0 saturated heterocycles. The van der Waals surface area contributed by atoms with Gasteiger partial charge in [-0.25, -0.2) is 4.39 Å². The Morgan fingerprint density at radius 1 is 1.00 bits per heavy atom. The van der Waals surface area contributed by atoms with Crippen molar-refractivity contribution in [1.82, 2.24) is 0 Å². The van der Waals surface area contributed by atoms with Gasteiger partial charge in [-0.1, -0.05) is 30.3 Å². The molecule has 35 heavy (non-hydrogen) atoms. The largest absolute Gasteiger partial charge is 0.493 e. The summed E-state index contributed by atoms with van der Waals surface area (Å²) in [5.74, 6) is 1.63. The van der Waals surface area contributed by atoms with Crippen LogP contribution >= 0.6 is 11.3 Å². The molecule has 1 aromatic heterocycles. The molecule has 4 aromatic rings. The Bertz CT molecular complexity index is 1370. The Hall–Kier alpha value is -3.84. The minimum Gasteiger partial charge on any atom is -0.493 e. The number of carbonyl (C=O) groups excluding carboxylic acids is 1. The Labute approximate surface area is 207 Å². The number of halogens is 1. The number of rotatable bonds is 7. The van der Waals surface area contributed by atoms with Gasteiger partial charge in [0.25, 0.3) is 0 Å². The SMILES string of the molecule is COc1ccc(-c2csc3c2NC(=O)C[C@@H]3c2ccc(OCc3cccc(F)c3)cc2)cc1OC. The van der Waals surface area contributed by atoms with Crippen LogP contribution < -0.4 is 19.5 Å². The number of fused-ring (bicyclic) bond motifs is 1. The molecule has 3 aromatic carbocycles. The van der Waals surface area contributed by atoms with Crippen molar-refractivity contribution in [1.29, 1.82) is 0 Å². The van der Waals surface area contributed by atoms with Crippen LogP contribution in [0.5, 0.6) is 17.2 Å². The number of hydrogen-bond donors (Lipinski definition) is 1. The van der Waals surface area contributed by atoms with Crippen LogP contribution in [0.1, 0.15) is 28.3 Å². The van der Waals surface area contributed by atoms with E-state index in [0.29, 0.717) is 23.7 Å². The van der Waals surface area contributed by atoms with Crippen LogP contribution in [-0.2, 0) is 11.4 Å². The van der Waals surface area contributed by atoms with Gasteiger partial charge in [-0.3, -0.25) is 4.79 Å². The zero-order valence-corrected chi connectivity index (χ0v) is 20.2. The molecule has 1 amide bonds. The summed E-state index contributed by atoms with van der Waals surface area (Å²) >= 11 is 1.63. The van der Waals surface area contributed by atoms with Gasteiger partial charge in [-0.2, -0.15) is 0 Å². The van der Waals surface area contributed by atoms with Crippen molar-refractivity contribution in [3.8, 4) is 28.4 Å². The highest BCUT2D eigenvalue weighted by atomic mass is 32.1. The van der Waals surface area contributed by atoms with Crippen molar-refractivity contribution < 1.29 is 23.4 Å². The van der Waals surface area contributed by atoms with Gasteiger partial charge < -0.3 is 19.5 Å². The lowest BCUT2D eigenvalue weighted by Crippen LogP contribution is -2.22. The summed E-state index contributed by atoms with van der Waals surface area (Å²) in [6.07, 6.45) is 0.377. The van der Waals surface area contributed by atoms with Crippen LogP contribution in [0.3, 0.4) is 0 Å². The first-order valence-corrected chi connectivity index (χ1v) is 12.0. The molecule has 1 aliphatic rings. The lowest BCUT2D eigenvalue weighted by molar-refractivity contribution is -0.116. The predicted octanol–water partition coefficient (Wildman–Crippen LogP) is 6.62. The van der Waals surface area contributed by atoms with Crippen molar-refractivity contribution in [3.63, 3.8) is 0 Å². The normalized spacial score (nSPS) is 14.7. The summed E-state index contributed by atoms with van der Waals surface area (Å²) in [5, 5.41) is 5.14. The zero-order valence-electron chi connectivity index (χ0n) is 19.3. The second-order valence-corrected chi connectivity index (χ2v) is 9.16. The summed E-state index contributed by atoms with van der Waals surface area (Å²) < 4.78 is 30.0. The molecule has 0 saturated carbocycles. The molecular formula is C28H24FNO4S. The molecule has 1 atom stereocenters. The molecule has 0 aliphatic carbocycles. The molecule has 5 nitrogen and oxygen atoms in total. The van der Waals surface area contributed by atoms with Crippen molar-refractivity contribution >= 4 is 22.9 Å². The van der Waals surface area contributed by atoms with Crippen molar-refractivity contribution in [3.05, 3.63) is 93.9 Å². The topological polar surface area (TPSA) is 56.8 Å². The summed E-state index contributed by atoms with van der Waals surface area (Å²) in [6.45, 7) is 0.284. The molecule has 5 rings (SSSR count). The molecule has 1 N–H and O–H groups in total. The second kappa shape index (κ2) is 9.80. The standard InChI is InChI=1S/C28H24FNO4S/c1-32-24-11-8-19(13-25(24)33-2)23-16-35-28-22(14-26(31)30-27(23)28)18-6-9-21(10-7-18)34-15-17-4-3-5-20(29)12-17/h3-13,16,22H,14-15H2,1-2H3,(H,30,31)/t22-/m1/s1. The molecule has 0 radical (unpaired) electrons. The van der Waals surface area contributed by atoms with Gasteiger partial charge in [0.15, 0.2) is 11.5 Å². The molecule has 0 spiro atoms. The van der Waals surface area contributed by atoms with Gasteiger partial charge >= 0.3 is 0 Å². The number of benzene rings is 3. The van der Waals surface area contributed by atoms with Crippen molar-refractivity contribution in [2.24, 2.45) is 0 Å². The number of thiophene rings is 1. The number of nitrogens with one attached hydrogen (secondary N) is 1. The quantitative estimate of drug-likeness (QED) is 0.317. The van der Waals surface area contributed by atoms with Crippen LogP contribution in [0.4, 0.5) is 10.1 Å². The molecule has 7 heteroatoms. The number of ether oxygens (including phenoxy) is 3. The van der Waals surface area contributed by atoms with E-state index in [1.165, 1.54) is 12.1 Å². The average Bonchev–Trinajstić information content (AvgIpc) is 3.30. The molecular weight excluding hydrogens is 465 g/mol.